The third-order valence-electron chi connectivity index (χ3n) is 8.01. The zero-order valence-corrected chi connectivity index (χ0v) is 29.0. The van der Waals surface area contributed by atoms with Gasteiger partial charge in [0, 0.05) is 12.8 Å². The van der Waals surface area contributed by atoms with Gasteiger partial charge in [0.05, 0.1) is 0 Å². The molecule has 0 fully saturated rings. The minimum atomic E-state index is -0.724. The summed E-state index contributed by atoms with van der Waals surface area (Å²) < 4.78 is 5.86. The monoisotopic (exact) mass is 615 g/mol. The molecule has 1 unspecified atom stereocenters. The molecule has 1 N–H and O–H groups in total. The van der Waals surface area contributed by atoms with Crippen LogP contribution in [0.1, 0.15) is 187 Å². The van der Waals surface area contributed by atoms with Crippen LogP contribution in [0.3, 0.4) is 0 Å². The van der Waals surface area contributed by atoms with Crippen molar-refractivity contribution in [2.45, 2.75) is 193 Å². The summed E-state index contributed by atoms with van der Waals surface area (Å²) in [5, 5.41) is 8.81. The fraction of sp³-hybridized carbons (Fsp3) is 0.750. The number of ether oxygens (including phenoxy) is 1. The molecule has 0 saturated heterocycles. The highest BCUT2D eigenvalue weighted by molar-refractivity contribution is 5.69. The topological polar surface area (TPSA) is 63.6 Å². The second-order valence-corrected chi connectivity index (χ2v) is 12.4. The highest BCUT2D eigenvalue weighted by atomic mass is 16.5. The standard InChI is InChI=1S/C40H70O4/c1-3-5-7-9-11-13-14-15-16-17-18-19-20-21-22-23-25-27-33-37-40(43)44-38(35-31-28-29-32-36-39(41)42)34-30-26-24-12-10-8-6-4-2/h11,13,15-16,18-19,30,34,38H,3-10,12,14,17,20-29,31-33,35-37H2,1-2H3,(H,41,42)/b13-11-,16-15-,19-18-,34-30-. The van der Waals surface area contributed by atoms with Crippen LogP contribution in [0.2, 0.25) is 0 Å². The van der Waals surface area contributed by atoms with Gasteiger partial charge in [-0.25, -0.2) is 0 Å². The van der Waals surface area contributed by atoms with Crippen LogP contribution in [0.25, 0.3) is 0 Å². The Bertz CT molecular complexity index is 748. The largest absolute Gasteiger partial charge is 0.481 e. The lowest BCUT2D eigenvalue weighted by Crippen LogP contribution is -2.16. The van der Waals surface area contributed by atoms with Gasteiger partial charge in [-0.15, -0.1) is 0 Å². The quantitative estimate of drug-likeness (QED) is 0.0454. The third kappa shape index (κ3) is 34.4. The zero-order chi connectivity index (χ0) is 32.2. The second kappa shape index (κ2) is 35.4. The van der Waals surface area contributed by atoms with E-state index in [2.05, 4.69) is 62.5 Å². The van der Waals surface area contributed by atoms with E-state index in [0.29, 0.717) is 6.42 Å². The van der Waals surface area contributed by atoms with E-state index < -0.39 is 5.97 Å². The first-order valence-electron chi connectivity index (χ1n) is 18.6. The van der Waals surface area contributed by atoms with Crippen LogP contribution in [0.15, 0.2) is 48.6 Å². The summed E-state index contributed by atoms with van der Waals surface area (Å²) >= 11 is 0. The molecule has 4 nitrogen and oxygen atoms in total. The molecule has 0 aliphatic rings. The minimum Gasteiger partial charge on any atom is -0.481 e. The van der Waals surface area contributed by atoms with Gasteiger partial charge in [-0.3, -0.25) is 9.59 Å². The number of rotatable bonds is 33. The molecular formula is C40H70O4. The third-order valence-corrected chi connectivity index (χ3v) is 8.01. The zero-order valence-electron chi connectivity index (χ0n) is 29.0. The molecule has 0 rings (SSSR count). The lowest BCUT2D eigenvalue weighted by atomic mass is 10.1. The van der Waals surface area contributed by atoms with E-state index in [1.165, 1.54) is 89.9 Å². The average Bonchev–Trinajstić information content (AvgIpc) is 3.01. The molecule has 0 saturated carbocycles. The van der Waals surface area contributed by atoms with Crippen LogP contribution >= 0.6 is 0 Å². The fourth-order valence-electron chi connectivity index (χ4n) is 5.22. The van der Waals surface area contributed by atoms with E-state index in [9.17, 15) is 9.59 Å². The van der Waals surface area contributed by atoms with Crippen molar-refractivity contribution in [2.24, 2.45) is 0 Å². The van der Waals surface area contributed by atoms with Crippen LogP contribution in [-0.4, -0.2) is 23.1 Å². The Labute approximate surface area is 272 Å². The summed E-state index contributed by atoms with van der Waals surface area (Å²) in [5.41, 5.74) is 0. The average molecular weight is 615 g/mol. The highest BCUT2D eigenvalue weighted by Crippen LogP contribution is 2.15. The SMILES string of the molecule is CCCCC/C=C\C/C=C\C/C=C\CCCCCCCCC(=O)OC(/C=C\CCCCCCCC)CCCCCCC(=O)O. The van der Waals surface area contributed by atoms with Gasteiger partial charge in [0.1, 0.15) is 6.10 Å². The van der Waals surface area contributed by atoms with Crippen LogP contribution in [-0.2, 0) is 14.3 Å². The van der Waals surface area contributed by atoms with Gasteiger partial charge in [-0.05, 0) is 83.1 Å². The normalized spacial score (nSPS) is 12.8. The van der Waals surface area contributed by atoms with Crippen molar-refractivity contribution >= 4 is 11.9 Å². The maximum absolute atomic E-state index is 12.5. The molecule has 0 aromatic rings. The maximum atomic E-state index is 12.5. The Morgan fingerprint density at radius 1 is 0.523 bits per heavy atom. The van der Waals surface area contributed by atoms with Gasteiger partial charge in [-0.2, -0.15) is 0 Å². The maximum Gasteiger partial charge on any atom is 0.306 e. The van der Waals surface area contributed by atoms with Crippen molar-refractivity contribution in [1.82, 2.24) is 0 Å². The summed E-state index contributed by atoms with van der Waals surface area (Å²) in [6, 6.07) is 0. The number of carbonyl (C=O) groups is 2. The van der Waals surface area contributed by atoms with E-state index in [-0.39, 0.29) is 18.5 Å². The summed E-state index contributed by atoms with van der Waals surface area (Å²) in [6.45, 7) is 4.49. The predicted molar refractivity (Wildman–Crippen MR) is 190 cm³/mol. The summed E-state index contributed by atoms with van der Waals surface area (Å²) in [4.78, 5) is 23.3. The van der Waals surface area contributed by atoms with Gasteiger partial charge >= 0.3 is 11.9 Å². The van der Waals surface area contributed by atoms with Gasteiger partial charge < -0.3 is 9.84 Å². The van der Waals surface area contributed by atoms with Gasteiger partial charge in [-0.1, -0.05) is 140 Å². The number of hydrogen-bond donors (Lipinski definition) is 1. The molecule has 1 atom stereocenters. The molecule has 254 valence electrons. The van der Waals surface area contributed by atoms with Crippen molar-refractivity contribution in [2.75, 3.05) is 0 Å². The highest BCUT2D eigenvalue weighted by Gasteiger charge is 2.11. The van der Waals surface area contributed by atoms with E-state index >= 15 is 0 Å². The Hall–Kier alpha value is -2.10. The van der Waals surface area contributed by atoms with Gasteiger partial charge in [0.15, 0.2) is 0 Å². The smallest absolute Gasteiger partial charge is 0.306 e. The lowest BCUT2D eigenvalue weighted by molar-refractivity contribution is -0.147. The summed E-state index contributed by atoms with van der Waals surface area (Å²) in [7, 11) is 0. The molecule has 0 spiro atoms. The number of unbranched alkanes of at least 4 members (excludes halogenated alkanes) is 18. The Morgan fingerprint density at radius 3 is 1.55 bits per heavy atom. The van der Waals surface area contributed by atoms with E-state index in [1.54, 1.807) is 0 Å². The molecule has 0 aliphatic carbocycles. The van der Waals surface area contributed by atoms with Crippen molar-refractivity contribution in [3.63, 3.8) is 0 Å². The van der Waals surface area contributed by atoms with Crippen LogP contribution in [0, 0.1) is 0 Å². The van der Waals surface area contributed by atoms with Crippen LogP contribution in [0.4, 0.5) is 0 Å². The second-order valence-electron chi connectivity index (χ2n) is 12.4. The molecule has 0 aromatic carbocycles. The first-order chi connectivity index (χ1) is 21.6. The number of carboxylic acid groups (broad SMARTS) is 1. The summed E-state index contributed by atoms with van der Waals surface area (Å²) in [6.07, 6.45) is 47.1. The van der Waals surface area contributed by atoms with E-state index in [1.807, 2.05) is 0 Å². The van der Waals surface area contributed by atoms with Crippen molar-refractivity contribution in [3.8, 4) is 0 Å². The van der Waals surface area contributed by atoms with Crippen LogP contribution < -0.4 is 0 Å². The van der Waals surface area contributed by atoms with Crippen LogP contribution in [0.5, 0.6) is 0 Å². The van der Waals surface area contributed by atoms with Gasteiger partial charge in [0.25, 0.3) is 0 Å². The molecule has 0 amide bonds. The number of hydrogen-bond acceptors (Lipinski definition) is 3. The summed E-state index contributed by atoms with van der Waals surface area (Å²) in [5.74, 6) is -0.801. The predicted octanol–water partition coefficient (Wildman–Crippen LogP) is 12.8. The minimum absolute atomic E-state index is 0.0766. The molecule has 4 heteroatoms. The Kier molecular flexibility index (Phi) is 33.7. The van der Waals surface area contributed by atoms with Crippen molar-refractivity contribution in [1.29, 1.82) is 0 Å². The molecule has 0 heterocycles. The molecule has 0 aliphatic heterocycles. The Balaban J connectivity index is 3.99. The number of esters is 1. The van der Waals surface area contributed by atoms with E-state index in [0.717, 1.165) is 70.6 Å². The number of carboxylic acids is 1. The number of carbonyl (C=O) groups excluding carboxylic acids is 1. The fourth-order valence-corrected chi connectivity index (χ4v) is 5.22. The molecule has 0 aromatic heterocycles. The Morgan fingerprint density at radius 2 is 0.955 bits per heavy atom. The van der Waals surface area contributed by atoms with Crippen molar-refractivity contribution in [3.05, 3.63) is 48.6 Å². The molecular weight excluding hydrogens is 544 g/mol. The first kappa shape index (κ1) is 41.9. The van der Waals surface area contributed by atoms with Gasteiger partial charge in [0.2, 0.25) is 0 Å². The lowest BCUT2D eigenvalue weighted by Gasteiger charge is -2.15. The molecule has 0 bridgehead atoms. The molecule has 44 heavy (non-hydrogen) atoms. The number of aliphatic carboxylic acids is 1. The molecule has 0 radical (unpaired) electrons. The first-order valence-corrected chi connectivity index (χ1v) is 18.6. The van der Waals surface area contributed by atoms with E-state index in [4.69, 9.17) is 9.84 Å². The van der Waals surface area contributed by atoms with Crippen molar-refractivity contribution < 1.29 is 19.4 Å². The number of allylic oxidation sites excluding steroid dienone is 7.